The first kappa shape index (κ1) is 11.0. The molecule has 0 radical (unpaired) electrons. The number of esters is 1. The predicted octanol–water partition coefficient (Wildman–Crippen LogP) is 1.70. The fraction of sp³-hybridized carbons (Fsp3) is 0.417. The monoisotopic (exact) mass is 222 g/mol. The van der Waals surface area contributed by atoms with Crippen LogP contribution >= 0.6 is 0 Å². The number of para-hydroxylation sites is 1. The van der Waals surface area contributed by atoms with Gasteiger partial charge in [0, 0.05) is 5.56 Å². The molecule has 1 fully saturated rings. The van der Waals surface area contributed by atoms with Crippen molar-refractivity contribution in [2.24, 2.45) is 0 Å². The van der Waals surface area contributed by atoms with E-state index in [9.17, 15) is 4.79 Å². The van der Waals surface area contributed by atoms with Crippen molar-refractivity contribution in [3.8, 4) is 5.75 Å². The lowest BCUT2D eigenvalue weighted by Gasteiger charge is -2.04. The summed E-state index contributed by atoms with van der Waals surface area (Å²) in [5, 5.41) is 0. The molecule has 1 aliphatic heterocycles. The van der Waals surface area contributed by atoms with E-state index in [1.807, 2.05) is 24.3 Å². The third-order valence-electron chi connectivity index (χ3n) is 2.46. The number of carbonyl (C=O) groups is 1. The number of epoxide rings is 1. The number of hydrogen-bond donors (Lipinski definition) is 0. The predicted molar refractivity (Wildman–Crippen MR) is 57.2 cm³/mol. The smallest absolute Gasteiger partial charge is 0.338 e. The Balaban J connectivity index is 2.08. The first-order valence-electron chi connectivity index (χ1n) is 5.23. The highest BCUT2D eigenvalue weighted by molar-refractivity contribution is 5.78. The van der Waals surface area contributed by atoms with E-state index < -0.39 is 6.10 Å². The van der Waals surface area contributed by atoms with Crippen molar-refractivity contribution in [2.75, 3.05) is 13.7 Å². The van der Waals surface area contributed by atoms with Gasteiger partial charge in [0.2, 0.25) is 0 Å². The van der Waals surface area contributed by atoms with Crippen molar-refractivity contribution in [1.29, 1.82) is 0 Å². The lowest BCUT2D eigenvalue weighted by Crippen LogP contribution is -2.12. The van der Waals surface area contributed by atoms with Crippen molar-refractivity contribution in [2.45, 2.75) is 19.1 Å². The molecule has 0 spiro atoms. The maximum Gasteiger partial charge on any atom is 0.338 e. The quantitative estimate of drug-likeness (QED) is 0.574. The van der Waals surface area contributed by atoms with Crippen LogP contribution in [-0.4, -0.2) is 25.8 Å². The zero-order valence-corrected chi connectivity index (χ0v) is 9.30. The van der Waals surface area contributed by atoms with E-state index in [4.69, 9.17) is 14.2 Å². The van der Waals surface area contributed by atoms with Crippen LogP contribution in [0.5, 0.6) is 5.75 Å². The standard InChI is InChI=1S/C12H14O4/c1-3-15-12(13)11-10(16-11)8-6-4-5-7-9(8)14-2/h4-7,10-11H,3H2,1-2H3/t10-,11+/m0/s1. The van der Waals surface area contributed by atoms with Crippen LogP contribution in [0.2, 0.25) is 0 Å². The van der Waals surface area contributed by atoms with Gasteiger partial charge in [-0.05, 0) is 13.0 Å². The van der Waals surface area contributed by atoms with Crippen molar-refractivity contribution in [1.82, 2.24) is 0 Å². The Morgan fingerprint density at radius 2 is 2.19 bits per heavy atom. The lowest BCUT2D eigenvalue weighted by molar-refractivity contribution is -0.144. The summed E-state index contributed by atoms with van der Waals surface area (Å²) in [5.41, 5.74) is 0.892. The number of ether oxygens (including phenoxy) is 3. The van der Waals surface area contributed by atoms with Crippen molar-refractivity contribution in [3.63, 3.8) is 0 Å². The lowest BCUT2D eigenvalue weighted by atomic mass is 10.1. The number of methoxy groups -OCH3 is 1. The van der Waals surface area contributed by atoms with Gasteiger partial charge in [0.1, 0.15) is 11.9 Å². The molecule has 4 nitrogen and oxygen atoms in total. The molecule has 0 aromatic heterocycles. The number of carbonyl (C=O) groups excluding carboxylic acids is 1. The molecule has 0 bridgehead atoms. The zero-order valence-electron chi connectivity index (χ0n) is 9.30. The summed E-state index contributed by atoms with van der Waals surface area (Å²) in [6.07, 6.45) is -0.702. The Hall–Kier alpha value is -1.55. The molecule has 2 rings (SSSR count). The van der Waals surface area contributed by atoms with Gasteiger partial charge >= 0.3 is 5.97 Å². The normalized spacial score (nSPS) is 22.6. The Morgan fingerprint density at radius 3 is 2.88 bits per heavy atom. The van der Waals surface area contributed by atoms with E-state index in [0.29, 0.717) is 6.61 Å². The molecule has 0 aliphatic carbocycles. The Morgan fingerprint density at radius 1 is 1.44 bits per heavy atom. The second kappa shape index (κ2) is 4.53. The Labute approximate surface area is 94.1 Å². The Bertz CT molecular complexity index is 388. The summed E-state index contributed by atoms with van der Waals surface area (Å²) >= 11 is 0. The number of hydrogen-bond acceptors (Lipinski definition) is 4. The van der Waals surface area contributed by atoms with Gasteiger partial charge in [0.25, 0.3) is 0 Å². The van der Waals surface area contributed by atoms with E-state index in [2.05, 4.69) is 0 Å². The number of rotatable bonds is 4. The van der Waals surface area contributed by atoms with Crippen molar-refractivity contribution >= 4 is 5.97 Å². The minimum atomic E-state index is -0.476. The average Bonchev–Trinajstić information content (AvgIpc) is 3.09. The van der Waals surface area contributed by atoms with Crippen LogP contribution in [-0.2, 0) is 14.3 Å². The molecule has 86 valence electrons. The second-order valence-corrected chi connectivity index (χ2v) is 3.47. The molecule has 0 N–H and O–H groups in total. The summed E-state index contributed by atoms with van der Waals surface area (Å²) in [7, 11) is 1.60. The summed E-state index contributed by atoms with van der Waals surface area (Å²) in [4.78, 5) is 11.4. The van der Waals surface area contributed by atoms with Crippen LogP contribution in [0, 0.1) is 0 Å². The summed E-state index contributed by atoms with van der Waals surface area (Å²) in [5.74, 6) is 0.428. The van der Waals surface area contributed by atoms with Gasteiger partial charge in [0.15, 0.2) is 6.10 Å². The summed E-state index contributed by atoms with van der Waals surface area (Å²) < 4.78 is 15.4. The van der Waals surface area contributed by atoms with Crippen LogP contribution < -0.4 is 4.74 Å². The molecule has 1 aromatic carbocycles. The van der Waals surface area contributed by atoms with Crippen LogP contribution in [0.25, 0.3) is 0 Å². The van der Waals surface area contributed by atoms with Gasteiger partial charge in [-0.15, -0.1) is 0 Å². The molecular weight excluding hydrogens is 208 g/mol. The largest absolute Gasteiger partial charge is 0.496 e. The molecule has 1 aliphatic rings. The molecule has 1 saturated heterocycles. The first-order chi connectivity index (χ1) is 7.77. The topological polar surface area (TPSA) is 48.1 Å². The van der Waals surface area contributed by atoms with E-state index in [1.54, 1.807) is 14.0 Å². The van der Waals surface area contributed by atoms with Crippen LogP contribution in [0.1, 0.15) is 18.6 Å². The van der Waals surface area contributed by atoms with Crippen LogP contribution in [0.15, 0.2) is 24.3 Å². The highest BCUT2D eigenvalue weighted by atomic mass is 16.6. The maximum atomic E-state index is 11.4. The van der Waals surface area contributed by atoms with Gasteiger partial charge in [-0.3, -0.25) is 0 Å². The molecule has 1 heterocycles. The minimum Gasteiger partial charge on any atom is -0.496 e. The average molecular weight is 222 g/mol. The van der Waals surface area contributed by atoms with Crippen molar-refractivity contribution < 1.29 is 19.0 Å². The molecule has 2 atom stereocenters. The molecular formula is C12H14O4. The molecule has 16 heavy (non-hydrogen) atoms. The van der Waals surface area contributed by atoms with E-state index in [1.165, 1.54) is 0 Å². The maximum absolute atomic E-state index is 11.4. The highest BCUT2D eigenvalue weighted by Gasteiger charge is 2.48. The van der Waals surface area contributed by atoms with Gasteiger partial charge in [0.05, 0.1) is 13.7 Å². The minimum absolute atomic E-state index is 0.227. The SMILES string of the molecule is CCOC(=O)[C@@H]1O[C@H]1c1ccccc1OC. The third-order valence-corrected chi connectivity index (χ3v) is 2.46. The molecule has 0 amide bonds. The van der Waals surface area contributed by atoms with Gasteiger partial charge < -0.3 is 14.2 Å². The van der Waals surface area contributed by atoms with E-state index >= 15 is 0 Å². The summed E-state index contributed by atoms with van der Waals surface area (Å²) in [6.45, 7) is 2.15. The van der Waals surface area contributed by atoms with E-state index in [-0.39, 0.29) is 12.1 Å². The van der Waals surface area contributed by atoms with E-state index in [0.717, 1.165) is 11.3 Å². The Kier molecular flexibility index (Phi) is 3.10. The van der Waals surface area contributed by atoms with Crippen molar-refractivity contribution in [3.05, 3.63) is 29.8 Å². The fourth-order valence-corrected chi connectivity index (χ4v) is 1.65. The fourth-order valence-electron chi connectivity index (χ4n) is 1.65. The summed E-state index contributed by atoms with van der Waals surface area (Å²) in [6, 6.07) is 7.51. The molecule has 4 heteroatoms. The molecule has 0 saturated carbocycles. The zero-order chi connectivity index (χ0) is 11.5. The first-order valence-corrected chi connectivity index (χ1v) is 5.23. The highest BCUT2D eigenvalue weighted by Crippen LogP contribution is 2.43. The van der Waals surface area contributed by atoms with Gasteiger partial charge in [-0.1, -0.05) is 18.2 Å². The number of benzene rings is 1. The third kappa shape index (κ3) is 2.02. The van der Waals surface area contributed by atoms with Crippen LogP contribution in [0.4, 0.5) is 0 Å². The van der Waals surface area contributed by atoms with Crippen LogP contribution in [0.3, 0.4) is 0 Å². The second-order valence-electron chi connectivity index (χ2n) is 3.47. The molecule has 1 aromatic rings. The molecule has 0 unspecified atom stereocenters. The van der Waals surface area contributed by atoms with Gasteiger partial charge in [-0.2, -0.15) is 0 Å². The van der Waals surface area contributed by atoms with Gasteiger partial charge in [-0.25, -0.2) is 4.79 Å².